The molecule has 0 amide bonds. The molecular weight excluding hydrogens is 675 g/mol. The van der Waals surface area contributed by atoms with Crippen molar-refractivity contribution < 1.29 is 23.0 Å². The van der Waals surface area contributed by atoms with Crippen molar-refractivity contribution in [3.05, 3.63) is 58.6 Å². The lowest BCUT2D eigenvalue weighted by Crippen LogP contribution is -2.46. The van der Waals surface area contributed by atoms with Crippen molar-refractivity contribution >= 4 is 44.7 Å². The molecule has 274 valence electrons. The average molecular weight is 724 g/mol. The van der Waals surface area contributed by atoms with E-state index in [4.69, 9.17) is 27.7 Å². The molecule has 1 fully saturated rings. The third-order valence-electron chi connectivity index (χ3n) is 9.81. The van der Waals surface area contributed by atoms with Crippen LogP contribution >= 0.6 is 11.6 Å². The molecule has 11 heteroatoms. The Bertz CT molecular complexity index is 1930. The van der Waals surface area contributed by atoms with Crippen LogP contribution < -0.4 is 15.4 Å². The normalized spacial score (nSPS) is 16.5. The second kappa shape index (κ2) is 17.5. The fourth-order valence-corrected chi connectivity index (χ4v) is 7.39. The number of halogens is 4. The van der Waals surface area contributed by atoms with Crippen LogP contribution in [0.5, 0.6) is 11.8 Å². The SMILES string of the molecule is C#Cc1c(F)ccc2cc(O)cc(-c3c(Cl)c(C(=C)C)c4c(NCCNCC(C)CC)nc(OCC5(CCC)CCCN5C)nc4c3F)c12.CF. The number of phenols is 1. The first-order chi connectivity index (χ1) is 24.5. The number of terminal acetylenes is 1. The van der Waals surface area contributed by atoms with Crippen LogP contribution in [0.1, 0.15) is 70.9 Å². The number of allylic oxidation sites excluding steroid dienone is 1. The van der Waals surface area contributed by atoms with Crippen LogP contribution in [-0.2, 0) is 0 Å². The largest absolute Gasteiger partial charge is 0.508 e. The molecule has 0 bridgehead atoms. The van der Waals surface area contributed by atoms with E-state index in [1.807, 2.05) is 0 Å². The van der Waals surface area contributed by atoms with Gasteiger partial charge < -0.3 is 20.5 Å². The Kier molecular flexibility index (Phi) is 13.6. The highest BCUT2D eigenvalue weighted by Gasteiger charge is 2.39. The number of likely N-dealkylation sites (tertiary alicyclic amines) is 1. The van der Waals surface area contributed by atoms with Gasteiger partial charge in [0.1, 0.15) is 29.5 Å². The van der Waals surface area contributed by atoms with E-state index in [0.717, 1.165) is 45.2 Å². The summed E-state index contributed by atoms with van der Waals surface area (Å²) in [5.74, 6) is 1.69. The zero-order chi connectivity index (χ0) is 37.5. The number of benzene rings is 3. The number of alkyl halides is 1. The molecule has 1 aliphatic heterocycles. The Morgan fingerprint density at radius 2 is 1.94 bits per heavy atom. The Hall–Kier alpha value is -4.04. The third-order valence-corrected chi connectivity index (χ3v) is 10.2. The van der Waals surface area contributed by atoms with Gasteiger partial charge in [-0.1, -0.05) is 63.8 Å². The van der Waals surface area contributed by atoms with Gasteiger partial charge in [0.05, 0.1) is 28.7 Å². The van der Waals surface area contributed by atoms with Gasteiger partial charge in [-0.25, -0.2) is 8.78 Å². The zero-order valence-corrected chi connectivity index (χ0v) is 31.2. The van der Waals surface area contributed by atoms with Crippen LogP contribution in [-0.4, -0.2) is 72.5 Å². The molecule has 0 radical (unpaired) electrons. The van der Waals surface area contributed by atoms with E-state index >= 15 is 8.78 Å². The van der Waals surface area contributed by atoms with Crippen molar-refractivity contribution in [1.82, 2.24) is 20.2 Å². The number of phenolic OH excluding ortho intramolecular Hbond substituents is 1. The smallest absolute Gasteiger partial charge is 0.319 e. The number of likely N-dealkylation sites (N-methyl/N-ethyl adjacent to an activating group) is 1. The molecule has 3 aromatic carbocycles. The molecule has 0 spiro atoms. The number of hydrogen-bond donors (Lipinski definition) is 3. The summed E-state index contributed by atoms with van der Waals surface area (Å²) in [6, 6.07) is 5.51. The number of aromatic hydroxyl groups is 1. The molecule has 2 unspecified atom stereocenters. The van der Waals surface area contributed by atoms with E-state index in [-0.39, 0.29) is 49.9 Å². The number of anilines is 1. The van der Waals surface area contributed by atoms with Crippen molar-refractivity contribution in [2.75, 3.05) is 52.3 Å². The highest BCUT2D eigenvalue weighted by atomic mass is 35.5. The maximum atomic E-state index is 17.2. The van der Waals surface area contributed by atoms with Crippen LogP contribution in [0.4, 0.5) is 19.0 Å². The highest BCUT2D eigenvalue weighted by Crippen LogP contribution is 2.47. The van der Waals surface area contributed by atoms with Crippen LogP contribution in [0, 0.1) is 29.9 Å². The number of nitrogens with zero attached hydrogens (tertiary/aromatic N) is 3. The second-order valence-corrected chi connectivity index (χ2v) is 13.7. The first kappa shape index (κ1) is 39.7. The number of ether oxygens (including phenoxy) is 1. The van der Waals surface area contributed by atoms with Gasteiger partial charge in [-0.05, 0) is 87.0 Å². The standard InChI is InChI=1S/C39H46ClF2N5O2.CH3F/c1-8-14-39(15-11-18-47(39)7)22-49-38-45-36-33(37(46-38)44-17-16-43-21-24(6)9-2)30(23(4)5)34(40)32(35(36)42)28-20-26(48)19-25-12-13-29(41)27(10-3)31(25)28;1-2/h3,12-13,19-20,24,43,48H,4,8-9,11,14-18,21-22H2,1-2,5-7H3,(H,44,45,46);1H3. The van der Waals surface area contributed by atoms with Crippen LogP contribution in [0.3, 0.4) is 0 Å². The molecule has 1 aliphatic rings. The topological polar surface area (TPSA) is 82.5 Å². The van der Waals surface area contributed by atoms with Gasteiger partial charge in [0.2, 0.25) is 0 Å². The summed E-state index contributed by atoms with van der Waals surface area (Å²) >= 11 is 7.11. The minimum absolute atomic E-state index is 0.0151. The summed E-state index contributed by atoms with van der Waals surface area (Å²) in [5, 5.41) is 18.6. The molecule has 3 N–H and O–H groups in total. The first-order valence-electron chi connectivity index (χ1n) is 17.4. The molecular formula is C40H49ClF3N5O2. The molecule has 51 heavy (non-hydrogen) atoms. The predicted octanol–water partition coefficient (Wildman–Crippen LogP) is 9.38. The van der Waals surface area contributed by atoms with Gasteiger partial charge in [0.25, 0.3) is 0 Å². The number of fused-ring (bicyclic) bond motifs is 2. The van der Waals surface area contributed by atoms with Gasteiger partial charge in [-0.15, -0.1) is 6.42 Å². The van der Waals surface area contributed by atoms with E-state index in [1.165, 1.54) is 24.3 Å². The highest BCUT2D eigenvalue weighted by molar-refractivity contribution is 6.37. The molecule has 5 rings (SSSR count). The minimum Gasteiger partial charge on any atom is -0.508 e. The number of nitrogens with one attached hydrogen (secondary N) is 2. The summed E-state index contributed by atoms with van der Waals surface area (Å²) in [7, 11) is 2.60. The fraction of sp³-hybridized carbons (Fsp3) is 0.450. The summed E-state index contributed by atoms with van der Waals surface area (Å²) in [5.41, 5.74) is 0.713. The number of aromatic nitrogens is 2. The monoisotopic (exact) mass is 723 g/mol. The van der Waals surface area contributed by atoms with Crippen molar-refractivity contribution in [2.24, 2.45) is 5.92 Å². The Morgan fingerprint density at radius 1 is 1.20 bits per heavy atom. The molecule has 0 saturated carbocycles. The van der Waals surface area contributed by atoms with Gasteiger partial charge >= 0.3 is 6.01 Å². The summed E-state index contributed by atoms with van der Waals surface area (Å²) in [6.07, 6.45) is 10.8. The van der Waals surface area contributed by atoms with Gasteiger partial charge in [-0.2, -0.15) is 9.97 Å². The van der Waals surface area contributed by atoms with Crippen molar-refractivity contribution in [1.29, 1.82) is 0 Å². The minimum atomic E-state index is -0.782. The third kappa shape index (κ3) is 8.22. The second-order valence-electron chi connectivity index (χ2n) is 13.3. The summed E-state index contributed by atoms with van der Waals surface area (Å²) in [4.78, 5) is 11.8. The van der Waals surface area contributed by atoms with Gasteiger partial charge in [-0.3, -0.25) is 9.29 Å². The first-order valence-corrected chi connectivity index (χ1v) is 17.8. The molecule has 7 nitrogen and oxygen atoms in total. The van der Waals surface area contributed by atoms with Crippen LogP contribution in [0.25, 0.3) is 38.4 Å². The fourth-order valence-electron chi connectivity index (χ4n) is 6.95. The number of hydrogen-bond acceptors (Lipinski definition) is 7. The predicted molar refractivity (Wildman–Crippen MR) is 205 cm³/mol. The Morgan fingerprint density at radius 3 is 2.57 bits per heavy atom. The molecule has 2 heterocycles. The van der Waals surface area contributed by atoms with Gasteiger partial charge in [0, 0.05) is 29.6 Å². The van der Waals surface area contributed by atoms with Crippen molar-refractivity contribution in [3.8, 4) is 35.2 Å². The lowest BCUT2D eigenvalue weighted by molar-refractivity contribution is 0.0828. The molecule has 0 aliphatic carbocycles. The van der Waals surface area contributed by atoms with Crippen LogP contribution in [0.2, 0.25) is 5.02 Å². The van der Waals surface area contributed by atoms with Crippen molar-refractivity contribution in [2.45, 2.75) is 65.3 Å². The maximum absolute atomic E-state index is 17.2. The van der Waals surface area contributed by atoms with E-state index in [0.29, 0.717) is 60.5 Å². The molecule has 2 atom stereocenters. The zero-order valence-electron chi connectivity index (χ0n) is 30.5. The van der Waals surface area contributed by atoms with E-state index < -0.39 is 11.6 Å². The molecule has 1 saturated heterocycles. The lowest BCUT2D eigenvalue weighted by Gasteiger charge is -2.35. The molecule has 4 aromatic rings. The van der Waals surface area contributed by atoms with Crippen molar-refractivity contribution in [3.63, 3.8) is 0 Å². The summed E-state index contributed by atoms with van der Waals surface area (Å²) in [6.45, 7) is 15.7. The maximum Gasteiger partial charge on any atom is 0.319 e. The average Bonchev–Trinajstić information content (AvgIpc) is 3.47. The Balaban J connectivity index is 0.00000286. The van der Waals surface area contributed by atoms with Gasteiger partial charge in [0.15, 0.2) is 5.82 Å². The van der Waals surface area contributed by atoms with Crippen LogP contribution in [0.15, 0.2) is 30.8 Å². The van der Waals surface area contributed by atoms with E-state index in [2.05, 4.69) is 60.8 Å². The lowest BCUT2D eigenvalue weighted by atomic mass is 9.90. The Labute approximate surface area is 304 Å². The molecule has 1 aromatic heterocycles. The number of rotatable bonds is 14. The van der Waals surface area contributed by atoms with E-state index in [1.54, 1.807) is 6.92 Å². The summed E-state index contributed by atoms with van der Waals surface area (Å²) < 4.78 is 48.2. The van der Waals surface area contributed by atoms with E-state index in [9.17, 15) is 9.50 Å². The quantitative estimate of drug-likeness (QED) is 0.0884.